The molecule has 2 aromatic rings. The molecule has 1 saturated carbocycles. The van der Waals surface area contributed by atoms with Crippen molar-refractivity contribution in [3.8, 4) is 11.1 Å². The molecule has 4 rings (SSSR count). The molecular weight excluding hydrogens is 288 g/mol. The summed E-state index contributed by atoms with van der Waals surface area (Å²) in [6.45, 7) is 2.32. The normalized spacial score (nSPS) is 20.7. The van der Waals surface area contributed by atoms with Crippen LogP contribution in [0.25, 0.3) is 17.2 Å². The Balaban J connectivity index is 1.78. The maximum absolute atomic E-state index is 2.54. The minimum absolute atomic E-state index is 0.684. The van der Waals surface area contributed by atoms with Crippen LogP contribution in [-0.4, -0.2) is 0 Å². The Hall–Kier alpha value is -1.82. The molecule has 0 radical (unpaired) electrons. The molecule has 0 amide bonds. The van der Waals surface area contributed by atoms with Crippen LogP contribution in [0.2, 0.25) is 0 Å². The van der Waals surface area contributed by atoms with Gasteiger partial charge in [0.2, 0.25) is 0 Å². The number of rotatable bonds is 4. The summed E-state index contributed by atoms with van der Waals surface area (Å²) in [5.41, 5.74) is 7.57. The number of hydrogen-bond acceptors (Lipinski definition) is 0. The Labute approximate surface area is 146 Å². The van der Waals surface area contributed by atoms with Gasteiger partial charge in [0, 0.05) is 5.92 Å². The zero-order chi connectivity index (χ0) is 16.4. The average molecular weight is 316 g/mol. The predicted octanol–water partition coefficient (Wildman–Crippen LogP) is 7.21. The van der Waals surface area contributed by atoms with Gasteiger partial charge in [-0.3, -0.25) is 0 Å². The highest BCUT2D eigenvalue weighted by atomic mass is 14.4. The molecule has 0 spiro atoms. The van der Waals surface area contributed by atoms with E-state index in [1.807, 2.05) is 0 Å². The number of benzene rings is 2. The molecule has 0 bridgehead atoms. The summed E-state index contributed by atoms with van der Waals surface area (Å²) >= 11 is 0. The van der Waals surface area contributed by atoms with Crippen molar-refractivity contribution in [3.63, 3.8) is 0 Å². The second-order valence-corrected chi connectivity index (χ2v) is 7.52. The Morgan fingerprint density at radius 2 is 1.67 bits per heavy atom. The molecule has 124 valence electrons. The number of allylic oxidation sites excluding steroid dienone is 1. The highest BCUT2D eigenvalue weighted by Crippen LogP contribution is 2.49. The summed E-state index contributed by atoms with van der Waals surface area (Å²) in [5.74, 6) is 1.55. The first kappa shape index (κ1) is 15.7. The molecule has 0 aliphatic heterocycles. The third kappa shape index (κ3) is 2.83. The van der Waals surface area contributed by atoms with Crippen LogP contribution in [0.15, 0.2) is 54.1 Å². The summed E-state index contributed by atoms with van der Waals surface area (Å²) < 4.78 is 0. The van der Waals surface area contributed by atoms with Crippen LogP contribution < -0.4 is 0 Å². The fourth-order valence-electron chi connectivity index (χ4n) is 4.90. The van der Waals surface area contributed by atoms with E-state index in [-0.39, 0.29) is 0 Å². The van der Waals surface area contributed by atoms with Crippen molar-refractivity contribution >= 4 is 6.08 Å². The molecule has 2 aliphatic rings. The van der Waals surface area contributed by atoms with E-state index in [0.717, 1.165) is 5.92 Å². The molecule has 0 saturated heterocycles. The van der Waals surface area contributed by atoms with Crippen LogP contribution in [0.1, 0.15) is 68.9 Å². The average Bonchev–Trinajstić information content (AvgIpc) is 3.01. The van der Waals surface area contributed by atoms with Gasteiger partial charge >= 0.3 is 0 Å². The summed E-state index contributed by atoms with van der Waals surface area (Å²) in [7, 11) is 0. The monoisotopic (exact) mass is 316 g/mol. The molecular formula is C24H28. The van der Waals surface area contributed by atoms with E-state index in [4.69, 9.17) is 0 Å². The lowest BCUT2D eigenvalue weighted by molar-refractivity contribution is 0.324. The third-order valence-corrected chi connectivity index (χ3v) is 5.95. The third-order valence-electron chi connectivity index (χ3n) is 5.95. The van der Waals surface area contributed by atoms with Crippen molar-refractivity contribution < 1.29 is 0 Å². The smallest absolute Gasteiger partial charge is 0.00859 e. The lowest BCUT2D eigenvalue weighted by atomic mass is 9.74. The molecule has 0 N–H and O–H groups in total. The van der Waals surface area contributed by atoms with Crippen LogP contribution in [0.5, 0.6) is 0 Å². The Morgan fingerprint density at radius 3 is 2.42 bits per heavy atom. The van der Waals surface area contributed by atoms with E-state index in [1.165, 1.54) is 61.6 Å². The van der Waals surface area contributed by atoms with Crippen molar-refractivity contribution in [2.75, 3.05) is 0 Å². The van der Waals surface area contributed by atoms with Crippen molar-refractivity contribution in [3.05, 3.63) is 65.2 Å². The molecule has 2 aromatic carbocycles. The molecule has 2 aliphatic carbocycles. The van der Waals surface area contributed by atoms with Crippen molar-refractivity contribution in [2.24, 2.45) is 5.92 Å². The highest BCUT2D eigenvalue weighted by molar-refractivity contribution is 5.82. The first-order chi connectivity index (χ1) is 11.9. The number of fused-ring (bicyclic) bond motifs is 1. The SMILES string of the molecule is CCCC1=Cc2c(-c3ccccc3)cccc2C1C1CCCCC1. The van der Waals surface area contributed by atoms with Gasteiger partial charge in [0.25, 0.3) is 0 Å². The predicted molar refractivity (Wildman–Crippen MR) is 104 cm³/mol. The molecule has 0 aromatic heterocycles. The topological polar surface area (TPSA) is 0 Å². The minimum atomic E-state index is 0.684. The van der Waals surface area contributed by atoms with E-state index in [2.05, 4.69) is 61.5 Å². The summed E-state index contributed by atoms with van der Waals surface area (Å²) in [6, 6.07) is 17.9. The first-order valence-corrected chi connectivity index (χ1v) is 9.77. The Bertz CT molecular complexity index is 717. The van der Waals surface area contributed by atoms with E-state index in [9.17, 15) is 0 Å². The van der Waals surface area contributed by atoms with Gasteiger partial charge in [-0.15, -0.1) is 0 Å². The van der Waals surface area contributed by atoms with Crippen LogP contribution in [0, 0.1) is 5.92 Å². The Kier molecular flexibility index (Phi) is 4.56. The lowest BCUT2D eigenvalue weighted by Gasteiger charge is -2.30. The van der Waals surface area contributed by atoms with Gasteiger partial charge in [-0.25, -0.2) is 0 Å². The van der Waals surface area contributed by atoms with E-state index >= 15 is 0 Å². The lowest BCUT2D eigenvalue weighted by Crippen LogP contribution is -2.16. The standard InChI is InChI=1S/C24H28/c1-2-10-20-17-23-21(18-11-5-3-6-12-18)15-9-16-22(23)24(20)19-13-7-4-8-14-19/h3,5-6,9,11-12,15-17,19,24H,2,4,7-8,10,13-14H2,1H3. The van der Waals surface area contributed by atoms with Crippen LogP contribution in [0.4, 0.5) is 0 Å². The van der Waals surface area contributed by atoms with Gasteiger partial charge in [-0.1, -0.05) is 92.8 Å². The number of hydrogen-bond donors (Lipinski definition) is 0. The molecule has 0 heterocycles. The zero-order valence-corrected chi connectivity index (χ0v) is 14.8. The summed E-state index contributed by atoms with van der Waals surface area (Å²) in [4.78, 5) is 0. The molecule has 1 unspecified atom stereocenters. The van der Waals surface area contributed by atoms with E-state index in [0.29, 0.717) is 5.92 Å². The Morgan fingerprint density at radius 1 is 0.875 bits per heavy atom. The summed E-state index contributed by atoms with van der Waals surface area (Å²) in [6.07, 6.45) is 12.2. The van der Waals surface area contributed by atoms with E-state index in [1.54, 1.807) is 11.1 Å². The molecule has 24 heavy (non-hydrogen) atoms. The molecule has 1 fully saturated rings. The van der Waals surface area contributed by atoms with Gasteiger partial charge in [0.1, 0.15) is 0 Å². The summed E-state index contributed by atoms with van der Waals surface area (Å²) in [5, 5.41) is 0. The van der Waals surface area contributed by atoms with Crippen LogP contribution in [-0.2, 0) is 0 Å². The van der Waals surface area contributed by atoms with Gasteiger partial charge < -0.3 is 0 Å². The highest BCUT2D eigenvalue weighted by Gasteiger charge is 2.33. The largest absolute Gasteiger partial charge is 0.0651 e. The molecule has 0 nitrogen and oxygen atoms in total. The van der Waals surface area contributed by atoms with Crippen molar-refractivity contribution in [1.82, 2.24) is 0 Å². The maximum Gasteiger partial charge on any atom is 0.00859 e. The second kappa shape index (κ2) is 6.97. The van der Waals surface area contributed by atoms with E-state index < -0.39 is 0 Å². The molecule has 0 heteroatoms. The quantitative estimate of drug-likeness (QED) is 0.558. The second-order valence-electron chi connectivity index (χ2n) is 7.52. The van der Waals surface area contributed by atoms with Crippen molar-refractivity contribution in [1.29, 1.82) is 0 Å². The zero-order valence-electron chi connectivity index (χ0n) is 14.8. The van der Waals surface area contributed by atoms with Crippen LogP contribution >= 0.6 is 0 Å². The maximum atomic E-state index is 2.54. The van der Waals surface area contributed by atoms with Gasteiger partial charge in [-0.2, -0.15) is 0 Å². The van der Waals surface area contributed by atoms with Gasteiger partial charge in [0.05, 0.1) is 0 Å². The molecule has 1 atom stereocenters. The van der Waals surface area contributed by atoms with Crippen LogP contribution in [0.3, 0.4) is 0 Å². The minimum Gasteiger partial charge on any atom is -0.0651 e. The fourth-order valence-corrected chi connectivity index (χ4v) is 4.90. The van der Waals surface area contributed by atoms with Crippen molar-refractivity contribution in [2.45, 2.75) is 57.8 Å². The van der Waals surface area contributed by atoms with Gasteiger partial charge in [-0.05, 0) is 47.4 Å². The van der Waals surface area contributed by atoms with Gasteiger partial charge in [0.15, 0.2) is 0 Å². The first-order valence-electron chi connectivity index (χ1n) is 9.77. The fraction of sp³-hybridized carbons (Fsp3) is 0.417.